The third kappa shape index (κ3) is 3.71. The average molecular weight is 355 g/mol. The van der Waals surface area contributed by atoms with Gasteiger partial charge in [0.2, 0.25) is 0 Å². The molecule has 142 valence electrons. The summed E-state index contributed by atoms with van der Waals surface area (Å²) >= 11 is 0. The van der Waals surface area contributed by atoms with Gasteiger partial charge in [0, 0.05) is 7.11 Å². The lowest BCUT2D eigenvalue weighted by atomic mass is 9.96. The SMILES string of the molecule is CO[C@H]1O[C@H](CO)[C@@H](O[C@@H]2O[C@H](CO)[C@@H](O)[C@H](O)[C@H]2N)[C@H](O)[C@H]1O. The summed E-state index contributed by atoms with van der Waals surface area (Å²) in [7, 11) is 1.26. The van der Waals surface area contributed by atoms with E-state index in [0.717, 1.165) is 0 Å². The van der Waals surface area contributed by atoms with Gasteiger partial charge in [-0.15, -0.1) is 0 Å². The van der Waals surface area contributed by atoms with Crippen LogP contribution in [0.25, 0.3) is 0 Å². The molecule has 0 amide bonds. The van der Waals surface area contributed by atoms with Crippen molar-refractivity contribution in [3.63, 3.8) is 0 Å². The summed E-state index contributed by atoms with van der Waals surface area (Å²) in [6, 6.07) is -1.19. The second-order valence-corrected chi connectivity index (χ2v) is 5.83. The maximum absolute atomic E-state index is 10.2. The number of methoxy groups -OCH3 is 1. The second-order valence-electron chi connectivity index (χ2n) is 5.83. The Hall–Kier alpha value is -0.440. The molecule has 0 unspecified atom stereocenters. The van der Waals surface area contributed by atoms with Crippen LogP contribution < -0.4 is 5.73 Å². The van der Waals surface area contributed by atoms with Gasteiger partial charge in [0.05, 0.1) is 19.3 Å². The molecule has 2 heterocycles. The maximum atomic E-state index is 10.2. The van der Waals surface area contributed by atoms with Crippen molar-refractivity contribution in [2.24, 2.45) is 5.73 Å². The van der Waals surface area contributed by atoms with E-state index < -0.39 is 74.6 Å². The summed E-state index contributed by atoms with van der Waals surface area (Å²) in [5.74, 6) is 0. The van der Waals surface area contributed by atoms with Gasteiger partial charge in [0.15, 0.2) is 12.6 Å². The Kier molecular flexibility index (Phi) is 6.87. The van der Waals surface area contributed by atoms with Crippen molar-refractivity contribution in [2.75, 3.05) is 20.3 Å². The van der Waals surface area contributed by atoms with Crippen molar-refractivity contribution in [3.8, 4) is 0 Å². The van der Waals surface area contributed by atoms with Gasteiger partial charge in [-0.05, 0) is 0 Å². The normalized spacial score (nSPS) is 50.0. The van der Waals surface area contributed by atoms with Crippen LogP contribution in [0.5, 0.6) is 0 Å². The highest BCUT2D eigenvalue weighted by molar-refractivity contribution is 4.95. The number of aliphatic hydroxyl groups excluding tert-OH is 6. The molecule has 24 heavy (non-hydrogen) atoms. The second kappa shape index (κ2) is 8.29. The van der Waals surface area contributed by atoms with Crippen LogP contribution in [0, 0.1) is 0 Å². The Bertz CT molecular complexity index is 397. The smallest absolute Gasteiger partial charge is 0.186 e. The quantitative estimate of drug-likeness (QED) is 0.251. The van der Waals surface area contributed by atoms with E-state index in [4.69, 9.17) is 24.7 Å². The Morgan fingerprint density at radius 3 is 1.96 bits per heavy atom. The molecule has 11 nitrogen and oxygen atoms in total. The van der Waals surface area contributed by atoms with Crippen LogP contribution in [0.3, 0.4) is 0 Å². The molecule has 11 heteroatoms. The van der Waals surface area contributed by atoms with Crippen molar-refractivity contribution in [3.05, 3.63) is 0 Å². The van der Waals surface area contributed by atoms with Crippen LogP contribution in [0.2, 0.25) is 0 Å². The van der Waals surface area contributed by atoms with Gasteiger partial charge < -0.3 is 55.3 Å². The van der Waals surface area contributed by atoms with Gasteiger partial charge in [0.1, 0.15) is 42.7 Å². The Morgan fingerprint density at radius 2 is 1.42 bits per heavy atom. The van der Waals surface area contributed by atoms with Gasteiger partial charge in [-0.1, -0.05) is 0 Å². The monoisotopic (exact) mass is 355 g/mol. The first-order chi connectivity index (χ1) is 11.3. The number of rotatable bonds is 5. The minimum absolute atomic E-state index is 0.551. The fourth-order valence-corrected chi connectivity index (χ4v) is 2.80. The first-order valence-corrected chi connectivity index (χ1v) is 7.54. The highest BCUT2D eigenvalue weighted by Crippen LogP contribution is 2.28. The molecule has 10 atom stereocenters. The van der Waals surface area contributed by atoms with E-state index in [0.29, 0.717) is 0 Å². The van der Waals surface area contributed by atoms with Crippen LogP contribution in [0.15, 0.2) is 0 Å². The summed E-state index contributed by atoms with van der Waals surface area (Å²) < 4.78 is 21.0. The van der Waals surface area contributed by atoms with Crippen LogP contribution in [0.4, 0.5) is 0 Å². The maximum Gasteiger partial charge on any atom is 0.186 e. The topological polar surface area (TPSA) is 184 Å². The van der Waals surface area contributed by atoms with E-state index in [1.54, 1.807) is 0 Å². The van der Waals surface area contributed by atoms with Gasteiger partial charge >= 0.3 is 0 Å². The molecular formula is C13H25NO10. The van der Waals surface area contributed by atoms with Crippen LogP contribution in [0.1, 0.15) is 0 Å². The number of nitrogens with two attached hydrogens (primary N) is 1. The molecule has 0 aromatic carbocycles. The zero-order chi connectivity index (χ0) is 18.0. The first kappa shape index (κ1) is 19.9. The van der Waals surface area contributed by atoms with E-state index in [-0.39, 0.29) is 0 Å². The number of hydrogen-bond acceptors (Lipinski definition) is 11. The van der Waals surface area contributed by atoms with Gasteiger partial charge in [-0.3, -0.25) is 0 Å². The van der Waals surface area contributed by atoms with E-state index in [1.807, 2.05) is 0 Å². The molecule has 2 rings (SSSR count). The summed E-state index contributed by atoms with van der Waals surface area (Å²) in [6.07, 6.45) is -11.7. The average Bonchev–Trinajstić information content (AvgIpc) is 2.59. The van der Waals surface area contributed by atoms with E-state index in [9.17, 15) is 30.6 Å². The third-order valence-electron chi connectivity index (χ3n) is 4.27. The lowest BCUT2D eigenvalue weighted by molar-refractivity contribution is -0.342. The molecule has 0 bridgehead atoms. The van der Waals surface area contributed by atoms with Crippen LogP contribution in [-0.2, 0) is 18.9 Å². The predicted molar refractivity (Wildman–Crippen MR) is 75.4 cm³/mol. The fraction of sp³-hybridized carbons (Fsp3) is 1.00. The standard InChI is InChI=1S/C13H25NO10/c1-21-13-10(20)9(19)11(5(3-16)23-13)24-12-6(14)8(18)7(17)4(2-15)22-12/h4-13,15-20H,2-3,14H2,1H3/t4-,5-,6-,7-,8-,9-,10-,11-,12+,13+/m1/s1. The van der Waals surface area contributed by atoms with E-state index in [1.165, 1.54) is 7.11 Å². The van der Waals surface area contributed by atoms with Crippen LogP contribution >= 0.6 is 0 Å². The minimum Gasteiger partial charge on any atom is -0.394 e. The molecule has 0 aromatic rings. The lowest BCUT2D eigenvalue weighted by Gasteiger charge is -2.46. The third-order valence-corrected chi connectivity index (χ3v) is 4.27. The van der Waals surface area contributed by atoms with E-state index >= 15 is 0 Å². The highest BCUT2D eigenvalue weighted by Gasteiger charge is 2.49. The first-order valence-electron chi connectivity index (χ1n) is 7.54. The number of hydrogen-bond donors (Lipinski definition) is 7. The van der Waals surface area contributed by atoms with Gasteiger partial charge in [-0.2, -0.15) is 0 Å². The molecule has 0 aromatic heterocycles. The molecule has 2 aliphatic heterocycles. The molecule has 2 fully saturated rings. The zero-order valence-electron chi connectivity index (χ0n) is 13.1. The molecule has 0 aliphatic carbocycles. The fourth-order valence-electron chi connectivity index (χ4n) is 2.80. The summed E-state index contributed by atoms with van der Waals surface area (Å²) in [5, 5.41) is 58.4. The lowest BCUT2D eigenvalue weighted by Crippen LogP contribution is -2.66. The van der Waals surface area contributed by atoms with Crippen LogP contribution in [-0.4, -0.2) is 112 Å². The molecule has 2 aliphatic rings. The zero-order valence-corrected chi connectivity index (χ0v) is 13.1. The van der Waals surface area contributed by atoms with E-state index in [2.05, 4.69) is 0 Å². The number of ether oxygens (including phenoxy) is 4. The Balaban J connectivity index is 2.12. The van der Waals surface area contributed by atoms with Gasteiger partial charge in [0.25, 0.3) is 0 Å². The molecule has 0 spiro atoms. The predicted octanol–water partition coefficient (Wildman–Crippen LogP) is -4.78. The molecule has 8 N–H and O–H groups in total. The van der Waals surface area contributed by atoms with Crippen molar-refractivity contribution in [1.82, 2.24) is 0 Å². The summed E-state index contributed by atoms with van der Waals surface area (Å²) in [4.78, 5) is 0. The Morgan fingerprint density at radius 1 is 0.833 bits per heavy atom. The summed E-state index contributed by atoms with van der Waals surface area (Å²) in [6.45, 7) is -1.14. The molecular weight excluding hydrogens is 330 g/mol. The molecule has 0 saturated carbocycles. The van der Waals surface area contributed by atoms with Gasteiger partial charge in [-0.25, -0.2) is 0 Å². The molecule has 0 radical (unpaired) electrons. The summed E-state index contributed by atoms with van der Waals surface area (Å²) in [5.41, 5.74) is 5.75. The van der Waals surface area contributed by atoms with Crippen molar-refractivity contribution in [2.45, 2.75) is 61.3 Å². The largest absolute Gasteiger partial charge is 0.394 e. The van der Waals surface area contributed by atoms with Crippen molar-refractivity contribution >= 4 is 0 Å². The van der Waals surface area contributed by atoms with Crippen molar-refractivity contribution in [1.29, 1.82) is 0 Å². The Labute approximate surface area is 138 Å². The highest BCUT2D eigenvalue weighted by atomic mass is 16.7. The number of aliphatic hydroxyl groups is 6. The minimum atomic E-state index is -1.49. The molecule has 2 saturated heterocycles. The van der Waals surface area contributed by atoms with Crippen molar-refractivity contribution < 1.29 is 49.6 Å².